The third-order valence-electron chi connectivity index (χ3n) is 5.11. The van der Waals surface area contributed by atoms with Gasteiger partial charge >= 0.3 is 0 Å². The number of aryl methyl sites for hydroxylation is 1. The van der Waals surface area contributed by atoms with Crippen LogP contribution >= 0.6 is 22.9 Å². The number of halogens is 1. The van der Waals surface area contributed by atoms with Crippen LogP contribution < -0.4 is 5.32 Å². The van der Waals surface area contributed by atoms with Crippen molar-refractivity contribution in [3.05, 3.63) is 58.6 Å². The second-order valence-corrected chi connectivity index (χ2v) is 8.41. The van der Waals surface area contributed by atoms with E-state index in [-0.39, 0.29) is 17.7 Å². The predicted octanol–water partition coefficient (Wildman–Crippen LogP) is 4.75. The van der Waals surface area contributed by atoms with Crippen molar-refractivity contribution in [1.82, 2.24) is 9.88 Å². The lowest BCUT2D eigenvalue weighted by atomic mass is 9.95. The minimum atomic E-state index is -0.122. The number of nitrogens with zero attached hydrogens (tertiary/aromatic N) is 2. The van der Waals surface area contributed by atoms with Gasteiger partial charge in [0.2, 0.25) is 5.91 Å². The van der Waals surface area contributed by atoms with Crippen molar-refractivity contribution in [1.29, 1.82) is 0 Å². The summed E-state index contributed by atoms with van der Waals surface area (Å²) in [5.41, 5.74) is 2.54. The summed E-state index contributed by atoms with van der Waals surface area (Å²) in [6.07, 6.45) is 1.26. The highest BCUT2D eigenvalue weighted by Gasteiger charge is 2.29. The van der Waals surface area contributed by atoms with Crippen molar-refractivity contribution in [2.24, 2.45) is 5.92 Å². The van der Waals surface area contributed by atoms with Crippen molar-refractivity contribution in [2.45, 2.75) is 19.8 Å². The first-order chi connectivity index (χ1) is 13.5. The Balaban J connectivity index is 1.38. The van der Waals surface area contributed by atoms with Crippen LogP contribution in [-0.4, -0.2) is 34.8 Å². The Morgan fingerprint density at radius 1 is 1.14 bits per heavy atom. The second-order valence-electron chi connectivity index (χ2n) is 6.98. The van der Waals surface area contributed by atoms with Crippen molar-refractivity contribution >= 4 is 50.1 Å². The van der Waals surface area contributed by atoms with E-state index < -0.39 is 0 Å². The SMILES string of the molecule is Cc1cccc2sc(NC(=O)C3CCN(C(=O)c4ccccc4Cl)CC3)nc12. The third kappa shape index (κ3) is 3.75. The van der Waals surface area contributed by atoms with Gasteiger partial charge in [0.1, 0.15) is 0 Å². The van der Waals surface area contributed by atoms with Crippen LogP contribution in [0.2, 0.25) is 5.02 Å². The average Bonchev–Trinajstić information content (AvgIpc) is 3.12. The van der Waals surface area contributed by atoms with E-state index >= 15 is 0 Å². The Kier molecular flexibility index (Phi) is 5.33. The summed E-state index contributed by atoms with van der Waals surface area (Å²) in [4.78, 5) is 31.6. The first-order valence-corrected chi connectivity index (χ1v) is 10.4. The van der Waals surface area contributed by atoms with Gasteiger partial charge in [-0.25, -0.2) is 4.98 Å². The minimum absolute atomic E-state index is 0.0263. The molecular weight excluding hydrogens is 394 g/mol. The van der Waals surface area contributed by atoms with E-state index in [1.54, 1.807) is 29.2 Å². The van der Waals surface area contributed by atoms with Gasteiger partial charge in [0, 0.05) is 19.0 Å². The zero-order valence-corrected chi connectivity index (χ0v) is 17.0. The number of likely N-dealkylation sites (tertiary alicyclic amines) is 1. The van der Waals surface area contributed by atoms with Crippen molar-refractivity contribution in [3.8, 4) is 0 Å². The summed E-state index contributed by atoms with van der Waals surface area (Å²) in [7, 11) is 0. The lowest BCUT2D eigenvalue weighted by molar-refractivity contribution is -0.121. The fourth-order valence-corrected chi connectivity index (χ4v) is 4.66. The van der Waals surface area contributed by atoms with Gasteiger partial charge < -0.3 is 10.2 Å². The van der Waals surface area contributed by atoms with Crippen LogP contribution in [0, 0.1) is 12.8 Å². The second kappa shape index (κ2) is 7.89. The molecule has 1 fully saturated rings. The number of carbonyl (C=O) groups is 2. The summed E-state index contributed by atoms with van der Waals surface area (Å²) in [5, 5.41) is 4.04. The molecular formula is C21H20ClN3O2S. The lowest BCUT2D eigenvalue weighted by Crippen LogP contribution is -2.41. The molecule has 3 aromatic rings. The van der Waals surface area contributed by atoms with Gasteiger partial charge in [-0.05, 0) is 43.5 Å². The minimum Gasteiger partial charge on any atom is -0.339 e. The van der Waals surface area contributed by atoms with E-state index in [9.17, 15) is 9.59 Å². The summed E-state index contributed by atoms with van der Waals surface area (Å²) in [6, 6.07) is 13.1. The molecule has 1 saturated heterocycles. The molecule has 1 aliphatic heterocycles. The lowest BCUT2D eigenvalue weighted by Gasteiger charge is -2.31. The van der Waals surface area contributed by atoms with E-state index in [1.807, 2.05) is 25.1 Å². The third-order valence-corrected chi connectivity index (χ3v) is 6.37. The number of piperidine rings is 1. The maximum atomic E-state index is 12.7. The molecule has 5 nitrogen and oxygen atoms in total. The number of hydrogen-bond donors (Lipinski definition) is 1. The monoisotopic (exact) mass is 413 g/mol. The number of carbonyl (C=O) groups excluding carboxylic acids is 2. The molecule has 0 bridgehead atoms. The van der Waals surface area contributed by atoms with Gasteiger partial charge in [-0.3, -0.25) is 9.59 Å². The molecule has 2 heterocycles. The molecule has 1 aliphatic rings. The van der Waals surface area contributed by atoms with Crippen LogP contribution in [0.5, 0.6) is 0 Å². The van der Waals surface area contributed by atoms with Crippen molar-refractivity contribution in [3.63, 3.8) is 0 Å². The fraction of sp³-hybridized carbons (Fsp3) is 0.286. The maximum absolute atomic E-state index is 12.7. The highest BCUT2D eigenvalue weighted by Crippen LogP contribution is 2.29. The van der Waals surface area contributed by atoms with Crippen LogP contribution in [0.4, 0.5) is 5.13 Å². The number of amides is 2. The molecule has 1 aromatic heterocycles. The van der Waals surface area contributed by atoms with Crippen molar-refractivity contribution in [2.75, 3.05) is 18.4 Å². The Morgan fingerprint density at radius 3 is 2.61 bits per heavy atom. The van der Waals surface area contributed by atoms with E-state index in [0.29, 0.717) is 41.6 Å². The number of hydrogen-bond acceptors (Lipinski definition) is 4. The van der Waals surface area contributed by atoms with Crippen LogP contribution in [0.3, 0.4) is 0 Å². The van der Waals surface area contributed by atoms with E-state index in [4.69, 9.17) is 11.6 Å². The van der Waals surface area contributed by atoms with Crippen LogP contribution in [-0.2, 0) is 4.79 Å². The average molecular weight is 414 g/mol. The van der Waals surface area contributed by atoms with Gasteiger partial charge in [-0.1, -0.05) is 47.2 Å². The number of para-hydroxylation sites is 1. The maximum Gasteiger partial charge on any atom is 0.255 e. The number of anilines is 1. The van der Waals surface area contributed by atoms with Gasteiger partial charge in [-0.15, -0.1) is 0 Å². The molecule has 0 atom stereocenters. The van der Waals surface area contributed by atoms with Gasteiger partial charge in [0.15, 0.2) is 5.13 Å². The molecule has 144 valence electrons. The van der Waals surface area contributed by atoms with Crippen LogP contribution in [0.1, 0.15) is 28.8 Å². The van der Waals surface area contributed by atoms with Crippen LogP contribution in [0.25, 0.3) is 10.2 Å². The number of rotatable bonds is 3. The number of fused-ring (bicyclic) bond motifs is 1. The Hall–Kier alpha value is -2.44. The molecule has 7 heteroatoms. The molecule has 0 radical (unpaired) electrons. The zero-order valence-electron chi connectivity index (χ0n) is 15.4. The normalized spacial score (nSPS) is 15.0. The summed E-state index contributed by atoms with van der Waals surface area (Å²) >= 11 is 7.62. The molecule has 0 saturated carbocycles. The molecule has 1 N–H and O–H groups in total. The van der Waals surface area contributed by atoms with Gasteiger partial charge in [0.25, 0.3) is 5.91 Å². The van der Waals surface area contributed by atoms with Gasteiger partial charge in [0.05, 0.1) is 20.8 Å². The quantitative estimate of drug-likeness (QED) is 0.674. The molecule has 0 unspecified atom stereocenters. The highest BCUT2D eigenvalue weighted by molar-refractivity contribution is 7.22. The summed E-state index contributed by atoms with van der Waals surface area (Å²) < 4.78 is 1.07. The number of thiazole rings is 1. The summed E-state index contributed by atoms with van der Waals surface area (Å²) in [6.45, 7) is 3.10. The summed E-state index contributed by atoms with van der Waals surface area (Å²) in [5.74, 6) is -0.226. The standard InChI is InChI=1S/C21H20ClN3O2S/c1-13-5-4-8-17-18(13)23-21(28-17)24-19(26)14-9-11-25(12-10-14)20(27)15-6-2-3-7-16(15)22/h2-8,14H,9-12H2,1H3,(H,23,24,26). The number of aromatic nitrogens is 1. The molecule has 2 amide bonds. The Morgan fingerprint density at radius 2 is 1.89 bits per heavy atom. The number of nitrogens with one attached hydrogen (secondary N) is 1. The molecule has 0 spiro atoms. The predicted molar refractivity (Wildman–Crippen MR) is 113 cm³/mol. The molecule has 2 aromatic carbocycles. The van der Waals surface area contributed by atoms with E-state index in [1.165, 1.54) is 11.3 Å². The highest BCUT2D eigenvalue weighted by atomic mass is 35.5. The first kappa shape index (κ1) is 18.9. The number of benzene rings is 2. The molecule has 4 rings (SSSR count). The van der Waals surface area contributed by atoms with Gasteiger partial charge in [-0.2, -0.15) is 0 Å². The molecule has 0 aliphatic carbocycles. The smallest absolute Gasteiger partial charge is 0.255 e. The first-order valence-electron chi connectivity index (χ1n) is 9.24. The zero-order chi connectivity index (χ0) is 19.7. The Labute approximate surface area is 172 Å². The van der Waals surface area contributed by atoms with E-state index in [0.717, 1.165) is 15.8 Å². The van der Waals surface area contributed by atoms with Crippen LogP contribution in [0.15, 0.2) is 42.5 Å². The largest absolute Gasteiger partial charge is 0.339 e. The topological polar surface area (TPSA) is 62.3 Å². The molecule has 28 heavy (non-hydrogen) atoms. The Bertz CT molecular complexity index is 1040. The van der Waals surface area contributed by atoms with E-state index in [2.05, 4.69) is 10.3 Å². The van der Waals surface area contributed by atoms with Crippen molar-refractivity contribution < 1.29 is 9.59 Å². The fourth-order valence-electron chi connectivity index (χ4n) is 3.50.